The molecule has 0 spiro atoms. The second-order valence-electron chi connectivity index (χ2n) is 3.82. The Hall–Kier alpha value is -1.36. The third-order valence-electron chi connectivity index (χ3n) is 2.72. The van der Waals surface area contributed by atoms with E-state index in [-0.39, 0.29) is 11.8 Å². The Morgan fingerprint density at radius 3 is 3.00 bits per heavy atom. The highest BCUT2D eigenvalue weighted by molar-refractivity contribution is 5.78. The maximum absolute atomic E-state index is 11.7. The number of hydrogen-bond donors (Lipinski definition) is 3. The predicted octanol–water partition coefficient (Wildman–Crippen LogP) is 0.0255. The van der Waals surface area contributed by atoms with Crippen LogP contribution in [0.15, 0.2) is 12.5 Å². The number of H-pyrrole nitrogens is 1. The highest BCUT2D eigenvalue weighted by Crippen LogP contribution is 2.11. The van der Waals surface area contributed by atoms with Crippen LogP contribution in [0.25, 0.3) is 0 Å². The lowest BCUT2D eigenvalue weighted by Gasteiger charge is -2.21. The van der Waals surface area contributed by atoms with Crippen LogP contribution < -0.4 is 10.6 Å². The molecule has 0 aliphatic carbocycles. The van der Waals surface area contributed by atoms with Crippen molar-refractivity contribution in [1.82, 2.24) is 20.6 Å². The fourth-order valence-electron chi connectivity index (χ4n) is 1.79. The summed E-state index contributed by atoms with van der Waals surface area (Å²) < 4.78 is 0. The zero-order chi connectivity index (χ0) is 10.5. The average Bonchev–Trinajstić information content (AvgIpc) is 2.80. The fraction of sp³-hybridized carbons (Fsp3) is 0.600. The van der Waals surface area contributed by atoms with Crippen LogP contribution in [-0.4, -0.2) is 29.0 Å². The number of piperidine rings is 1. The van der Waals surface area contributed by atoms with Crippen molar-refractivity contribution in [3.63, 3.8) is 0 Å². The van der Waals surface area contributed by atoms with Crippen LogP contribution in [0.5, 0.6) is 0 Å². The van der Waals surface area contributed by atoms with E-state index in [1.165, 1.54) is 0 Å². The van der Waals surface area contributed by atoms with E-state index in [1.807, 2.05) is 0 Å². The molecule has 1 aromatic rings. The molecule has 5 nitrogen and oxygen atoms in total. The molecule has 2 heterocycles. The van der Waals surface area contributed by atoms with E-state index < -0.39 is 0 Å². The zero-order valence-corrected chi connectivity index (χ0v) is 8.62. The van der Waals surface area contributed by atoms with E-state index in [2.05, 4.69) is 20.6 Å². The number of carbonyl (C=O) groups excluding carboxylic acids is 1. The molecular formula is C10H16N4O. The molecule has 0 radical (unpaired) electrons. The molecule has 3 N–H and O–H groups in total. The number of aromatic nitrogens is 2. The topological polar surface area (TPSA) is 69.8 Å². The summed E-state index contributed by atoms with van der Waals surface area (Å²) in [6.07, 6.45) is 5.22. The van der Waals surface area contributed by atoms with Gasteiger partial charge in [0.05, 0.1) is 18.6 Å². The number of nitrogens with one attached hydrogen (secondary N) is 3. The van der Waals surface area contributed by atoms with Gasteiger partial charge in [0.1, 0.15) is 0 Å². The summed E-state index contributed by atoms with van der Waals surface area (Å²) in [5.74, 6) is 0.334. The van der Waals surface area contributed by atoms with E-state index in [9.17, 15) is 4.79 Å². The van der Waals surface area contributed by atoms with Crippen LogP contribution in [0.2, 0.25) is 0 Å². The number of amides is 1. The molecular weight excluding hydrogens is 192 g/mol. The van der Waals surface area contributed by atoms with Crippen molar-refractivity contribution in [2.75, 3.05) is 13.1 Å². The lowest BCUT2D eigenvalue weighted by molar-refractivity contribution is -0.125. The molecule has 2 rings (SSSR count). The quantitative estimate of drug-likeness (QED) is 0.656. The van der Waals surface area contributed by atoms with Gasteiger partial charge < -0.3 is 15.6 Å². The number of imidazole rings is 1. The molecule has 15 heavy (non-hydrogen) atoms. The van der Waals surface area contributed by atoms with Gasteiger partial charge in [-0.2, -0.15) is 0 Å². The summed E-state index contributed by atoms with van der Waals surface area (Å²) in [5.41, 5.74) is 0.942. The molecule has 1 aliphatic rings. The minimum atomic E-state index is 0.158. The summed E-state index contributed by atoms with van der Waals surface area (Å²) in [4.78, 5) is 18.6. The molecule has 5 heteroatoms. The summed E-state index contributed by atoms with van der Waals surface area (Å²) in [6.45, 7) is 2.44. The summed E-state index contributed by atoms with van der Waals surface area (Å²) in [6, 6.07) is 0. The average molecular weight is 208 g/mol. The molecule has 0 bridgehead atoms. The Morgan fingerprint density at radius 1 is 1.53 bits per heavy atom. The third kappa shape index (κ3) is 2.79. The standard InChI is InChI=1S/C10H16N4O/c15-10(8-1-3-11-4-2-8)13-6-9-5-12-7-14-9/h5,7-8,11H,1-4,6H2,(H,12,14)(H,13,15). The van der Waals surface area contributed by atoms with Gasteiger partial charge in [0.15, 0.2) is 0 Å². The van der Waals surface area contributed by atoms with Crippen LogP contribution >= 0.6 is 0 Å². The Balaban J connectivity index is 1.76. The fourth-order valence-corrected chi connectivity index (χ4v) is 1.79. The molecule has 0 atom stereocenters. The number of carbonyl (C=O) groups is 1. The van der Waals surface area contributed by atoms with Crippen LogP contribution in [0.4, 0.5) is 0 Å². The van der Waals surface area contributed by atoms with E-state index in [1.54, 1.807) is 12.5 Å². The first-order valence-corrected chi connectivity index (χ1v) is 5.32. The maximum Gasteiger partial charge on any atom is 0.223 e. The summed E-state index contributed by atoms with van der Waals surface area (Å²) >= 11 is 0. The number of aromatic amines is 1. The van der Waals surface area contributed by atoms with Crippen molar-refractivity contribution in [3.8, 4) is 0 Å². The largest absolute Gasteiger partial charge is 0.350 e. The molecule has 1 amide bonds. The molecule has 1 aliphatic heterocycles. The second kappa shape index (κ2) is 4.93. The van der Waals surface area contributed by atoms with Gasteiger partial charge in [-0.3, -0.25) is 4.79 Å². The maximum atomic E-state index is 11.7. The second-order valence-corrected chi connectivity index (χ2v) is 3.82. The smallest absolute Gasteiger partial charge is 0.223 e. The summed E-state index contributed by atoms with van der Waals surface area (Å²) in [7, 11) is 0. The molecule has 1 fully saturated rings. The van der Waals surface area contributed by atoms with E-state index in [4.69, 9.17) is 0 Å². The molecule has 1 saturated heterocycles. The molecule has 1 aromatic heterocycles. The van der Waals surface area contributed by atoms with Gasteiger partial charge in [-0.05, 0) is 25.9 Å². The van der Waals surface area contributed by atoms with Crippen molar-refractivity contribution in [2.45, 2.75) is 19.4 Å². The predicted molar refractivity (Wildman–Crippen MR) is 56.0 cm³/mol. The third-order valence-corrected chi connectivity index (χ3v) is 2.72. The zero-order valence-electron chi connectivity index (χ0n) is 8.62. The highest BCUT2D eigenvalue weighted by Gasteiger charge is 2.20. The van der Waals surface area contributed by atoms with E-state index in [0.29, 0.717) is 6.54 Å². The number of nitrogens with zero attached hydrogens (tertiary/aromatic N) is 1. The molecule has 0 unspecified atom stereocenters. The van der Waals surface area contributed by atoms with Crippen molar-refractivity contribution in [1.29, 1.82) is 0 Å². The van der Waals surface area contributed by atoms with Gasteiger partial charge in [-0.15, -0.1) is 0 Å². The van der Waals surface area contributed by atoms with Crippen molar-refractivity contribution >= 4 is 5.91 Å². The van der Waals surface area contributed by atoms with Crippen LogP contribution in [0, 0.1) is 5.92 Å². The Morgan fingerprint density at radius 2 is 2.33 bits per heavy atom. The van der Waals surface area contributed by atoms with Crippen LogP contribution in [0.1, 0.15) is 18.5 Å². The van der Waals surface area contributed by atoms with Gasteiger partial charge in [0, 0.05) is 12.1 Å². The van der Waals surface area contributed by atoms with Gasteiger partial charge in [-0.1, -0.05) is 0 Å². The number of rotatable bonds is 3. The first kappa shape index (κ1) is 10.2. The Labute approximate surface area is 88.7 Å². The van der Waals surface area contributed by atoms with Gasteiger partial charge in [0.2, 0.25) is 5.91 Å². The molecule has 82 valence electrons. The van der Waals surface area contributed by atoms with Crippen molar-refractivity contribution < 1.29 is 4.79 Å². The van der Waals surface area contributed by atoms with Crippen molar-refractivity contribution in [2.24, 2.45) is 5.92 Å². The van der Waals surface area contributed by atoms with Gasteiger partial charge >= 0.3 is 0 Å². The molecule has 0 saturated carbocycles. The van der Waals surface area contributed by atoms with E-state index >= 15 is 0 Å². The van der Waals surface area contributed by atoms with Gasteiger partial charge in [-0.25, -0.2) is 4.98 Å². The van der Waals surface area contributed by atoms with Crippen LogP contribution in [-0.2, 0) is 11.3 Å². The Bertz CT molecular complexity index is 303. The minimum absolute atomic E-state index is 0.158. The number of hydrogen-bond acceptors (Lipinski definition) is 3. The van der Waals surface area contributed by atoms with E-state index in [0.717, 1.165) is 31.6 Å². The normalized spacial score (nSPS) is 17.6. The highest BCUT2D eigenvalue weighted by atomic mass is 16.1. The summed E-state index contributed by atoms with van der Waals surface area (Å²) in [5, 5.41) is 6.16. The Kier molecular flexibility index (Phi) is 3.34. The molecule has 0 aromatic carbocycles. The first-order chi connectivity index (χ1) is 7.36. The lowest BCUT2D eigenvalue weighted by atomic mass is 9.97. The van der Waals surface area contributed by atoms with Gasteiger partial charge in [0.25, 0.3) is 0 Å². The monoisotopic (exact) mass is 208 g/mol. The van der Waals surface area contributed by atoms with Crippen LogP contribution in [0.3, 0.4) is 0 Å². The van der Waals surface area contributed by atoms with Crippen molar-refractivity contribution in [3.05, 3.63) is 18.2 Å². The SMILES string of the molecule is O=C(NCc1cnc[nH]1)C1CCNCC1. The lowest BCUT2D eigenvalue weighted by Crippen LogP contribution is -2.37. The minimum Gasteiger partial charge on any atom is -0.350 e. The first-order valence-electron chi connectivity index (χ1n) is 5.32.